The average molecular weight is 462 g/mol. The van der Waals surface area contributed by atoms with Crippen LogP contribution < -0.4 is 15.0 Å². The maximum atomic E-state index is 12.8. The molecule has 9 nitrogen and oxygen atoms in total. The second-order valence-electron chi connectivity index (χ2n) is 7.46. The van der Waals surface area contributed by atoms with Gasteiger partial charge in [-0.05, 0) is 23.8 Å². The second kappa shape index (κ2) is 7.22. The standard InChI is InChI=1S/C19H12N2O5.C2HF3O2/c22-17-4-9-2-14-18-11(6-21(14)19(23)12(9)7-24-17)1-10-3-15-16(26-8-25-15)5-13(10)20-18;3-2(4,5)1(6)7/h1-3,5H,4,6-8H2;(H,6,7). The van der Waals surface area contributed by atoms with Gasteiger partial charge in [-0.3, -0.25) is 9.59 Å². The average Bonchev–Trinajstić information content (AvgIpc) is 3.34. The molecule has 12 heteroatoms. The number of hydrogen-bond donors (Lipinski definition) is 1. The molecule has 0 saturated carbocycles. The van der Waals surface area contributed by atoms with Crippen molar-refractivity contribution in [3.63, 3.8) is 0 Å². The SMILES string of the molecule is O=C(O)C(F)(F)F.O=C1Cc2cc3n(c(=O)c2CO1)Cc1cc2cc4c(cc2nc1-3)OCO4. The molecule has 3 aliphatic rings. The number of aromatic nitrogens is 2. The molecule has 170 valence electrons. The van der Waals surface area contributed by atoms with E-state index in [1.165, 1.54) is 0 Å². The van der Waals surface area contributed by atoms with Crippen LogP contribution in [-0.2, 0) is 33.9 Å². The second-order valence-corrected chi connectivity index (χ2v) is 7.46. The van der Waals surface area contributed by atoms with E-state index < -0.39 is 12.1 Å². The summed E-state index contributed by atoms with van der Waals surface area (Å²) in [6.07, 6.45) is -4.96. The van der Waals surface area contributed by atoms with Gasteiger partial charge in [-0.15, -0.1) is 0 Å². The number of rotatable bonds is 0. The molecule has 1 aromatic carbocycles. The zero-order valence-corrected chi connectivity index (χ0v) is 16.6. The Hall–Kier alpha value is -4.09. The van der Waals surface area contributed by atoms with Crippen LogP contribution in [0.15, 0.2) is 29.1 Å². The van der Waals surface area contributed by atoms with E-state index in [0.29, 0.717) is 23.6 Å². The molecule has 3 aromatic rings. The number of carbonyl (C=O) groups is 2. The van der Waals surface area contributed by atoms with Crippen molar-refractivity contribution >= 4 is 22.8 Å². The van der Waals surface area contributed by atoms with Gasteiger partial charge in [0.25, 0.3) is 5.56 Å². The van der Waals surface area contributed by atoms with Gasteiger partial charge in [-0.1, -0.05) is 0 Å². The maximum Gasteiger partial charge on any atom is 0.490 e. The van der Waals surface area contributed by atoms with Gasteiger partial charge in [0, 0.05) is 17.0 Å². The molecule has 6 rings (SSSR count). The van der Waals surface area contributed by atoms with E-state index in [-0.39, 0.29) is 31.3 Å². The minimum absolute atomic E-state index is 0.0421. The molecule has 5 heterocycles. The highest BCUT2D eigenvalue weighted by Gasteiger charge is 2.38. The van der Waals surface area contributed by atoms with Crippen LogP contribution in [0.1, 0.15) is 16.7 Å². The van der Waals surface area contributed by atoms with Crippen LogP contribution in [0.4, 0.5) is 13.2 Å². The molecule has 0 aliphatic carbocycles. The number of nitrogens with zero attached hydrogens (tertiary/aromatic N) is 2. The van der Waals surface area contributed by atoms with Crippen LogP contribution in [0.5, 0.6) is 11.5 Å². The molecule has 0 bridgehead atoms. The Morgan fingerprint density at radius 1 is 1.03 bits per heavy atom. The summed E-state index contributed by atoms with van der Waals surface area (Å²) in [6, 6.07) is 7.70. The Kier molecular flexibility index (Phi) is 4.55. The first kappa shape index (κ1) is 20.8. The van der Waals surface area contributed by atoms with Crippen LogP contribution in [0.2, 0.25) is 0 Å². The molecular formula is C21H13F3N2O7. The Labute approximate surface area is 181 Å². The summed E-state index contributed by atoms with van der Waals surface area (Å²) in [6.45, 7) is 0.717. The van der Waals surface area contributed by atoms with Gasteiger partial charge >= 0.3 is 18.1 Å². The zero-order chi connectivity index (χ0) is 23.5. The summed E-state index contributed by atoms with van der Waals surface area (Å²) in [5.74, 6) is -1.68. The lowest BCUT2D eigenvalue weighted by atomic mass is 10.0. The van der Waals surface area contributed by atoms with Crippen molar-refractivity contribution in [1.29, 1.82) is 0 Å². The highest BCUT2D eigenvalue weighted by Crippen LogP contribution is 2.39. The molecular weight excluding hydrogens is 449 g/mol. The van der Waals surface area contributed by atoms with Gasteiger partial charge in [-0.2, -0.15) is 13.2 Å². The predicted molar refractivity (Wildman–Crippen MR) is 104 cm³/mol. The van der Waals surface area contributed by atoms with E-state index >= 15 is 0 Å². The van der Waals surface area contributed by atoms with Crippen molar-refractivity contribution in [1.82, 2.24) is 9.55 Å². The molecule has 0 amide bonds. The minimum atomic E-state index is -5.08. The van der Waals surface area contributed by atoms with Gasteiger partial charge in [0.05, 0.1) is 35.4 Å². The van der Waals surface area contributed by atoms with Gasteiger partial charge in [-0.25, -0.2) is 9.78 Å². The third-order valence-electron chi connectivity index (χ3n) is 5.41. The Balaban J connectivity index is 0.000000287. The lowest BCUT2D eigenvalue weighted by molar-refractivity contribution is -0.192. The molecule has 3 aliphatic heterocycles. The number of alkyl halides is 3. The van der Waals surface area contributed by atoms with E-state index in [2.05, 4.69) is 0 Å². The fourth-order valence-corrected chi connectivity index (χ4v) is 3.88. The summed E-state index contributed by atoms with van der Waals surface area (Å²) in [7, 11) is 0. The number of benzene rings is 1. The molecule has 0 atom stereocenters. The normalized spacial score (nSPS) is 15.2. The molecule has 2 aromatic heterocycles. The smallest absolute Gasteiger partial charge is 0.475 e. The summed E-state index contributed by atoms with van der Waals surface area (Å²) >= 11 is 0. The van der Waals surface area contributed by atoms with E-state index in [1.54, 1.807) is 4.57 Å². The third-order valence-corrected chi connectivity index (χ3v) is 5.41. The number of carboxylic acid groups (broad SMARTS) is 1. The fraction of sp³-hybridized carbons (Fsp3) is 0.238. The largest absolute Gasteiger partial charge is 0.490 e. The molecule has 1 N–H and O–H groups in total. The summed E-state index contributed by atoms with van der Waals surface area (Å²) in [4.78, 5) is 38.1. The Bertz CT molecular complexity index is 1410. The summed E-state index contributed by atoms with van der Waals surface area (Å²) in [5.41, 5.74) is 4.47. The highest BCUT2D eigenvalue weighted by molar-refractivity contribution is 5.87. The number of halogens is 3. The maximum absolute atomic E-state index is 12.8. The molecule has 33 heavy (non-hydrogen) atoms. The molecule has 0 unspecified atom stereocenters. The first-order valence-corrected chi connectivity index (χ1v) is 9.57. The van der Waals surface area contributed by atoms with Crippen LogP contribution in [0.25, 0.3) is 22.3 Å². The topological polar surface area (TPSA) is 117 Å². The minimum Gasteiger partial charge on any atom is -0.475 e. The van der Waals surface area contributed by atoms with Crippen molar-refractivity contribution in [2.75, 3.05) is 6.79 Å². The fourth-order valence-electron chi connectivity index (χ4n) is 3.88. The van der Waals surface area contributed by atoms with Crippen LogP contribution in [0.3, 0.4) is 0 Å². The summed E-state index contributed by atoms with van der Waals surface area (Å²) < 4.78 is 49.3. The number of carbonyl (C=O) groups excluding carboxylic acids is 1. The number of esters is 1. The Morgan fingerprint density at radius 2 is 1.73 bits per heavy atom. The van der Waals surface area contributed by atoms with Gasteiger partial charge < -0.3 is 23.9 Å². The Morgan fingerprint density at radius 3 is 2.42 bits per heavy atom. The van der Waals surface area contributed by atoms with Crippen LogP contribution >= 0.6 is 0 Å². The van der Waals surface area contributed by atoms with Gasteiger partial charge in [0.1, 0.15) is 6.61 Å². The molecule has 0 radical (unpaired) electrons. The van der Waals surface area contributed by atoms with Crippen molar-refractivity contribution in [3.05, 3.63) is 51.3 Å². The van der Waals surface area contributed by atoms with Crippen molar-refractivity contribution in [3.8, 4) is 22.9 Å². The lowest BCUT2D eigenvalue weighted by Crippen LogP contribution is -2.29. The van der Waals surface area contributed by atoms with Gasteiger partial charge in [0.15, 0.2) is 11.5 Å². The number of cyclic esters (lactones) is 1. The summed E-state index contributed by atoms with van der Waals surface area (Å²) in [5, 5.41) is 8.07. The van der Waals surface area contributed by atoms with Crippen molar-refractivity contribution < 1.29 is 42.1 Å². The van der Waals surface area contributed by atoms with E-state index in [1.807, 2.05) is 24.3 Å². The molecule has 0 spiro atoms. The number of pyridine rings is 2. The highest BCUT2D eigenvalue weighted by atomic mass is 19.4. The molecule has 0 fully saturated rings. The quantitative estimate of drug-likeness (QED) is 0.396. The number of hydrogen-bond acceptors (Lipinski definition) is 7. The van der Waals surface area contributed by atoms with Crippen LogP contribution in [-0.4, -0.2) is 39.6 Å². The van der Waals surface area contributed by atoms with Gasteiger partial charge in [0.2, 0.25) is 6.79 Å². The lowest BCUT2D eigenvalue weighted by Gasteiger charge is -2.17. The monoisotopic (exact) mass is 462 g/mol. The van der Waals surface area contributed by atoms with E-state index in [9.17, 15) is 22.8 Å². The zero-order valence-electron chi connectivity index (χ0n) is 16.6. The number of ether oxygens (including phenoxy) is 3. The van der Waals surface area contributed by atoms with Crippen molar-refractivity contribution in [2.24, 2.45) is 0 Å². The number of fused-ring (bicyclic) bond motifs is 6. The number of carboxylic acids is 1. The third kappa shape index (κ3) is 3.52. The van der Waals surface area contributed by atoms with E-state index in [0.717, 1.165) is 33.4 Å². The first-order valence-electron chi connectivity index (χ1n) is 9.57. The predicted octanol–water partition coefficient (Wildman–Crippen LogP) is 2.39. The van der Waals surface area contributed by atoms with Crippen molar-refractivity contribution in [2.45, 2.75) is 25.7 Å². The van der Waals surface area contributed by atoms with E-state index in [4.69, 9.17) is 29.1 Å². The van der Waals surface area contributed by atoms with Crippen LogP contribution in [0, 0.1) is 0 Å². The molecule has 0 saturated heterocycles. The number of aliphatic carboxylic acids is 1. The first-order chi connectivity index (χ1) is 15.6.